The molecule has 2 rings (SSSR count). The summed E-state index contributed by atoms with van der Waals surface area (Å²) in [4.78, 5) is 0. The van der Waals surface area contributed by atoms with Gasteiger partial charge in [-0.2, -0.15) is 13.2 Å². The van der Waals surface area contributed by atoms with Gasteiger partial charge in [0.25, 0.3) is 0 Å². The SMILES string of the molecule is CC(C)Nc1cc(-c2ccccc2O)cc(C(F)(F)F)c1. The largest absolute Gasteiger partial charge is 0.507 e. The highest BCUT2D eigenvalue weighted by atomic mass is 19.4. The molecule has 0 aliphatic carbocycles. The lowest BCUT2D eigenvalue weighted by Gasteiger charge is -2.16. The zero-order chi connectivity index (χ0) is 15.6. The molecule has 0 aromatic heterocycles. The lowest BCUT2D eigenvalue weighted by atomic mass is 10.0. The van der Waals surface area contributed by atoms with Gasteiger partial charge in [0.15, 0.2) is 0 Å². The van der Waals surface area contributed by atoms with Crippen LogP contribution in [0.3, 0.4) is 0 Å². The van der Waals surface area contributed by atoms with Crippen molar-refractivity contribution < 1.29 is 18.3 Å². The number of aromatic hydroxyl groups is 1. The molecule has 2 aromatic rings. The molecule has 0 fully saturated rings. The summed E-state index contributed by atoms with van der Waals surface area (Å²) in [5.74, 6) is -0.0488. The van der Waals surface area contributed by atoms with E-state index in [2.05, 4.69) is 5.32 Å². The highest BCUT2D eigenvalue weighted by molar-refractivity contribution is 5.74. The van der Waals surface area contributed by atoms with E-state index in [4.69, 9.17) is 0 Å². The van der Waals surface area contributed by atoms with Crippen LogP contribution in [-0.4, -0.2) is 11.1 Å². The van der Waals surface area contributed by atoms with E-state index in [1.807, 2.05) is 13.8 Å². The van der Waals surface area contributed by atoms with E-state index < -0.39 is 11.7 Å². The first-order chi connectivity index (χ1) is 9.77. The van der Waals surface area contributed by atoms with Crippen LogP contribution in [0.1, 0.15) is 19.4 Å². The molecule has 0 heterocycles. The first-order valence-corrected chi connectivity index (χ1v) is 6.54. The molecular weight excluding hydrogens is 279 g/mol. The Morgan fingerprint density at radius 3 is 2.29 bits per heavy atom. The van der Waals surface area contributed by atoms with Gasteiger partial charge in [0, 0.05) is 17.3 Å². The molecule has 0 radical (unpaired) electrons. The molecule has 0 unspecified atom stereocenters. The van der Waals surface area contributed by atoms with Crippen LogP contribution in [-0.2, 0) is 6.18 Å². The number of halogens is 3. The molecule has 21 heavy (non-hydrogen) atoms. The van der Waals surface area contributed by atoms with Crippen LogP contribution in [0.2, 0.25) is 0 Å². The van der Waals surface area contributed by atoms with Crippen LogP contribution in [0.5, 0.6) is 5.75 Å². The quantitative estimate of drug-likeness (QED) is 0.844. The lowest BCUT2D eigenvalue weighted by Crippen LogP contribution is -2.12. The summed E-state index contributed by atoms with van der Waals surface area (Å²) in [5, 5.41) is 12.8. The second kappa shape index (κ2) is 5.68. The van der Waals surface area contributed by atoms with Gasteiger partial charge in [0.2, 0.25) is 0 Å². The Balaban J connectivity index is 2.58. The number of hydrogen-bond acceptors (Lipinski definition) is 2. The first-order valence-electron chi connectivity index (χ1n) is 6.54. The van der Waals surface area contributed by atoms with Crippen LogP contribution in [0.15, 0.2) is 42.5 Å². The minimum absolute atomic E-state index is 0.00528. The van der Waals surface area contributed by atoms with Crippen molar-refractivity contribution in [1.29, 1.82) is 0 Å². The predicted molar refractivity (Wildman–Crippen MR) is 77.3 cm³/mol. The number of rotatable bonds is 3. The summed E-state index contributed by atoms with van der Waals surface area (Å²) in [6.45, 7) is 3.69. The fourth-order valence-electron chi connectivity index (χ4n) is 2.08. The van der Waals surface area contributed by atoms with E-state index in [0.717, 1.165) is 12.1 Å². The van der Waals surface area contributed by atoms with E-state index in [9.17, 15) is 18.3 Å². The standard InChI is InChI=1S/C16H16F3NO/c1-10(2)20-13-8-11(7-12(9-13)16(17,18)19)14-5-3-4-6-15(14)21/h3-10,20-21H,1-2H3. The maximum absolute atomic E-state index is 13.0. The van der Waals surface area contributed by atoms with Gasteiger partial charge in [-0.15, -0.1) is 0 Å². The number of benzene rings is 2. The first kappa shape index (κ1) is 15.2. The van der Waals surface area contributed by atoms with Gasteiger partial charge < -0.3 is 10.4 Å². The average molecular weight is 295 g/mol. The Labute approximate surface area is 121 Å². The van der Waals surface area contributed by atoms with Crippen LogP contribution >= 0.6 is 0 Å². The third-order valence-electron chi connectivity index (χ3n) is 2.93. The Kier molecular flexibility index (Phi) is 4.11. The molecule has 0 amide bonds. The van der Waals surface area contributed by atoms with Crippen LogP contribution < -0.4 is 5.32 Å². The normalized spacial score (nSPS) is 11.7. The number of hydrogen-bond donors (Lipinski definition) is 2. The van der Waals surface area contributed by atoms with Crippen molar-refractivity contribution in [2.24, 2.45) is 0 Å². The molecular formula is C16H16F3NO. The van der Waals surface area contributed by atoms with Crippen molar-refractivity contribution >= 4 is 5.69 Å². The lowest BCUT2D eigenvalue weighted by molar-refractivity contribution is -0.137. The average Bonchev–Trinajstić information content (AvgIpc) is 2.37. The summed E-state index contributed by atoms with van der Waals surface area (Å²) in [6.07, 6.45) is -4.44. The van der Waals surface area contributed by atoms with Gasteiger partial charge in [-0.05, 0) is 43.7 Å². The van der Waals surface area contributed by atoms with Gasteiger partial charge in [0.05, 0.1) is 5.56 Å². The minimum Gasteiger partial charge on any atom is -0.507 e. The summed E-state index contributed by atoms with van der Waals surface area (Å²) in [6, 6.07) is 10.1. The second-order valence-corrected chi connectivity index (χ2v) is 5.11. The topological polar surface area (TPSA) is 32.3 Å². The third kappa shape index (κ3) is 3.68. The Morgan fingerprint density at radius 1 is 1.05 bits per heavy atom. The van der Waals surface area contributed by atoms with Crippen molar-refractivity contribution in [3.8, 4) is 16.9 Å². The van der Waals surface area contributed by atoms with Gasteiger partial charge in [0.1, 0.15) is 5.75 Å². The van der Waals surface area contributed by atoms with E-state index >= 15 is 0 Å². The van der Waals surface area contributed by atoms with Crippen molar-refractivity contribution in [2.75, 3.05) is 5.32 Å². The van der Waals surface area contributed by atoms with Crippen molar-refractivity contribution in [3.63, 3.8) is 0 Å². The predicted octanol–water partition coefficient (Wildman–Crippen LogP) is 4.90. The summed E-state index contributed by atoms with van der Waals surface area (Å²) in [7, 11) is 0. The molecule has 0 atom stereocenters. The maximum atomic E-state index is 13.0. The van der Waals surface area contributed by atoms with Crippen LogP contribution in [0, 0.1) is 0 Å². The van der Waals surface area contributed by atoms with Gasteiger partial charge >= 0.3 is 6.18 Å². The second-order valence-electron chi connectivity index (χ2n) is 5.11. The van der Waals surface area contributed by atoms with Gasteiger partial charge in [-0.3, -0.25) is 0 Å². The molecule has 2 N–H and O–H groups in total. The number of nitrogens with one attached hydrogen (secondary N) is 1. The minimum atomic E-state index is -4.44. The zero-order valence-corrected chi connectivity index (χ0v) is 11.7. The molecule has 0 aliphatic heterocycles. The molecule has 2 aromatic carbocycles. The summed E-state index contributed by atoms with van der Waals surface area (Å²) < 4.78 is 39.0. The molecule has 0 spiro atoms. The van der Waals surface area contributed by atoms with Crippen LogP contribution in [0.25, 0.3) is 11.1 Å². The Morgan fingerprint density at radius 2 is 1.71 bits per heavy atom. The van der Waals surface area contributed by atoms with Crippen molar-refractivity contribution in [3.05, 3.63) is 48.0 Å². The van der Waals surface area contributed by atoms with Crippen LogP contribution in [0.4, 0.5) is 18.9 Å². The van der Waals surface area contributed by atoms with E-state index in [1.54, 1.807) is 24.3 Å². The van der Waals surface area contributed by atoms with Gasteiger partial charge in [-0.1, -0.05) is 18.2 Å². The van der Waals surface area contributed by atoms with Crippen molar-refractivity contribution in [2.45, 2.75) is 26.1 Å². The molecule has 5 heteroatoms. The summed E-state index contributed by atoms with van der Waals surface area (Å²) in [5.41, 5.74) is 0.325. The van der Waals surface area contributed by atoms with E-state index in [0.29, 0.717) is 16.8 Å². The molecule has 0 aliphatic rings. The Bertz CT molecular complexity index is 636. The highest BCUT2D eigenvalue weighted by Crippen LogP contribution is 2.37. The number of phenolic OH excluding ortho intramolecular Hbond substituents is 1. The molecule has 2 nitrogen and oxygen atoms in total. The smallest absolute Gasteiger partial charge is 0.416 e. The van der Waals surface area contributed by atoms with Crippen molar-refractivity contribution in [1.82, 2.24) is 0 Å². The fourth-order valence-corrected chi connectivity index (χ4v) is 2.08. The molecule has 0 saturated heterocycles. The molecule has 0 saturated carbocycles. The number of anilines is 1. The van der Waals surface area contributed by atoms with Gasteiger partial charge in [-0.25, -0.2) is 0 Å². The highest BCUT2D eigenvalue weighted by Gasteiger charge is 2.31. The maximum Gasteiger partial charge on any atom is 0.416 e. The fraction of sp³-hybridized carbons (Fsp3) is 0.250. The number of para-hydroxylation sites is 1. The van der Waals surface area contributed by atoms with E-state index in [-0.39, 0.29) is 11.8 Å². The number of phenols is 1. The molecule has 112 valence electrons. The van der Waals surface area contributed by atoms with E-state index in [1.165, 1.54) is 6.07 Å². The molecule has 0 bridgehead atoms. The monoisotopic (exact) mass is 295 g/mol. The number of alkyl halides is 3. The zero-order valence-electron chi connectivity index (χ0n) is 11.7. The Hall–Kier alpha value is -2.17. The third-order valence-corrected chi connectivity index (χ3v) is 2.93. The summed E-state index contributed by atoms with van der Waals surface area (Å²) >= 11 is 0.